The Hall–Kier alpha value is -1.42. The second-order valence-corrected chi connectivity index (χ2v) is 4.14. The lowest BCUT2D eigenvalue weighted by Crippen LogP contribution is -2.16. The number of hydrogen-bond donors (Lipinski definition) is 2. The molecule has 0 fully saturated rings. The Morgan fingerprint density at radius 1 is 1.50 bits per heavy atom. The summed E-state index contributed by atoms with van der Waals surface area (Å²) in [6.45, 7) is 3.97. The molecular weight excluding hydrogens is 209 g/mol. The molecule has 1 atom stereocenters. The lowest BCUT2D eigenvalue weighted by atomic mass is 9.96. The average Bonchev–Trinajstić information content (AvgIpc) is 2.16. The van der Waals surface area contributed by atoms with E-state index >= 15 is 0 Å². The van der Waals surface area contributed by atoms with Gasteiger partial charge in [0.15, 0.2) is 0 Å². The molecule has 0 heterocycles. The minimum atomic E-state index is -1.03. The van der Waals surface area contributed by atoms with Crippen molar-refractivity contribution in [2.24, 2.45) is 5.73 Å². The minimum absolute atomic E-state index is 0.261. The smallest absolute Gasteiger partial charge is 0.305 e. The predicted molar refractivity (Wildman–Crippen MR) is 59.7 cm³/mol. The summed E-state index contributed by atoms with van der Waals surface area (Å²) in [6, 6.07) is 3.88. The van der Waals surface area contributed by atoms with Gasteiger partial charge in [-0.05, 0) is 17.5 Å². The predicted octanol–water partition coefficient (Wildman–Crippen LogP) is 2.42. The van der Waals surface area contributed by atoms with Crippen LogP contribution in [0.4, 0.5) is 4.39 Å². The number of aliphatic carboxylic acids is 1. The van der Waals surface area contributed by atoms with E-state index in [0.717, 1.165) is 5.56 Å². The Kier molecular flexibility index (Phi) is 4.01. The zero-order chi connectivity index (χ0) is 12.3. The van der Waals surface area contributed by atoms with Crippen molar-refractivity contribution in [2.75, 3.05) is 0 Å². The van der Waals surface area contributed by atoms with Crippen LogP contribution in [-0.4, -0.2) is 11.1 Å². The van der Waals surface area contributed by atoms with Crippen LogP contribution in [0.1, 0.15) is 43.4 Å². The molecule has 3 N–H and O–H groups in total. The summed E-state index contributed by atoms with van der Waals surface area (Å²) in [6.07, 6.45) is -0.265. The van der Waals surface area contributed by atoms with E-state index in [9.17, 15) is 9.18 Å². The molecule has 4 heteroatoms. The van der Waals surface area contributed by atoms with E-state index in [1.807, 2.05) is 13.8 Å². The van der Waals surface area contributed by atoms with Gasteiger partial charge in [-0.1, -0.05) is 26.0 Å². The van der Waals surface area contributed by atoms with Gasteiger partial charge in [0.1, 0.15) is 5.82 Å². The lowest BCUT2D eigenvalue weighted by Gasteiger charge is -2.13. The molecule has 0 radical (unpaired) electrons. The van der Waals surface area contributed by atoms with E-state index in [1.54, 1.807) is 12.1 Å². The van der Waals surface area contributed by atoms with Crippen LogP contribution >= 0.6 is 0 Å². The zero-order valence-corrected chi connectivity index (χ0v) is 9.40. The van der Waals surface area contributed by atoms with Crippen LogP contribution < -0.4 is 5.73 Å². The summed E-state index contributed by atoms with van der Waals surface area (Å²) in [5.41, 5.74) is 6.87. The molecule has 3 nitrogen and oxygen atoms in total. The molecule has 0 saturated carbocycles. The number of carbonyl (C=O) groups is 1. The molecule has 0 amide bonds. The number of carboxylic acids is 1. The lowest BCUT2D eigenvalue weighted by molar-refractivity contribution is -0.137. The molecule has 0 aliphatic carbocycles. The maximum Gasteiger partial charge on any atom is 0.305 e. The second-order valence-electron chi connectivity index (χ2n) is 4.14. The zero-order valence-electron chi connectivity index (χ0n) is 9.40. The van der Waals surface area contributed by atoms with E-state index < -0.39 is 17.8 Å². The highest BCUT2D eigenvalue weighted by atomic mass is 19.1. The normalized spacial score (nSPS) is 12.8. The summed E-state index contributed by atoms with van der Waals surface area (Å²) in [5.74, 6) is -1.21. The third-order valence-corrected chi connectivity index (χ3v) is 2.48. The largest absolute Gasteiger partial charge is 0.481 e. The molecule has 1 rings (SSSR count). The fourth-order valence-electron chi connectivity index (χ4n) is 1.50. The van der Waals surface area contributed by atoms with Crippen molar-refractivity contribution < 1.29 is 14.3 Å². The number of nitrogens with two attached hydrogens (primary N) is 1. The van der Waals surface area contributed by atoms with Crippen molar-refractivity contribution >= 4 is 5.97 Å². The third-order valence-electron chi connectivity index (χ3n) is 2.48. The van der Waals surface area contributed by atoms with Crippen molar-refractivity contribution in [1.29, 1.82) is 0 Å². The Morgan fingerprint density at radius 3 is 2.62 bits per heavy atom. The SMILES string of the molecule is CC(C)c1ccc(F)c(C(N)CC(=O)O)c1. The van der Waals surface area contributed by atoms with Crippen molar-refractivity contribution in [3.63, 3.8) is 0 Å². The standard InChI is InChI=1S/C12H16FNO2/c1-7(2)8-3-4-10(13)9(5-8)11(14)6-12(15)16/h3-5,7,11H,6,14H2,1-2H3,(H,15,16). The van der Waals surface area contributed by atoms with Gasteiger partial charge in [-0.3, -0.25) is 4.79 Å². The fourth-order valence-corrected chi connectivity index (χ4v) is 1.50. The number of rotatable bonds is 4. The monoisotopic (exact) mass is 225 g/mol. The first-order chi connectivity index (χ1) is 7.41. The topological polar surface area (TPSA) is 63.3 Å². The van der Waals surface area contributed by atoms with Gasteiger partial charge in [-0.15, -0.1) is 0 Å². The van der Waals surface area contributed by atoms with E-state index in [2.05, 4.69) is 0 Å². The molecule has 0 saturated heterocycles. The van der Waals surface area contributed by atoms with Crippen LogP contribution in [0.25, 0.3) is 0 Å². The summed E-state index contributed by atoms with van der Waals surface area (Å²) in [5, 5.41) is 8.61. The van der Waals surface area contributed by atoms with E-state index in [4.69, 9.17) is 10.8 Å². The van der Waals surface area contributed by atoms with Gasteiger partial charge in [-0.2, -0.15) is 0 Å². The Bertz CT molecular complexity index is 391. The first kappa shape index (κ1) is 12.6. The van der Waals surface area contributed by atoms with Gasteiger partial charge in [0.2, 0.25) is 0 Å². The Morgan fingerprint density at radius 2 is 2.12 bits per heavy atom. The number of halogens is 1. The maximum atomic E-state index is 13.5. The number of benzene rings is 1. The van der Waals surface area contributed by atoms with Crippen LogP contribution in [0.3, 0.4) is 0 Å². The number of carboxylic acid groups (broad SMARTS) is 1. The van der Waals surface area contributed by atoms with E-state index in [-0.39, 0.29) is 17.9 Å². The highest BCUT2D eigenvalue weighted by Crippen LogP contribution is 2.23. The minimum Gasteiger partial charge on any atom is -0.481 e. The highest BCUT2D eigenvalue weighted by Gasteiger charge is 2.16. The summed E-state index contributed by atoms with van der Waals surface area (Å²) < 4.78 is 13.5. The summed E-state index contributed by atoms with van der Waals surface area (Å²) in [7, 11) is 0. The molecule has 1 aromatic carbocycles. The van der Waals surface area contributed by atoms with Gasteiger partial charge in [0, 0.05) is 11.6 Å². The van der Waals surface area contributed by atoms with Crippen LogP contribution in [0.15, 0.2) is 18.2 Å². The summed E-state index contributed by atoms with van der Waals surface area (Å²) >= 11 is 0. The van der Waals surface area contributed by atoms with Gasteiger partial charge < -0.3 is 10.8 Å². The molecule has 0 spiro atoms. The molecule has 1 aromatic rings. The van der Waals surface area contributed by atoms with Gasteiger partial charge in [-0.25, -0.2) is 4.39 Å². The van der Waals surface area contributed by atoms with Crippen LogP contribution in [-0.2, 0) is 4.79 Å². The quantitative estimate of drug-likeness (QED) is 0.827. The van der Waals surface area contributed by atoms with Crippen molar-refractivity contribution in [1.82, 2.24) is 0 Å². The fraction of sp³-hybridized carbons (Fsp3) is 0.417. The molecule has 16 heavy (non-hydrogen) atoms. The second kappa shape index (κ2) is 5.07. The van der Waals surface area contributed by atoms with E-state index in [1.165, 1.54) is 6.07 Å². The molecule has 0 bridgehead atoms. The molecule has 0 aliphatic rings. The average molecular weight is 225 g/mol. The Labute approximate surface area is 94.1 Å². The van der Waals surface area contributed by atoms with E-state index in [0.29, 0.717) is 0 Å². The van der Waals surface area contributed by atoms with Crippen molar-refractivity contribution in [2.45, 2.75) is 32.2 Å². The molecular formula is C12H16FNO2. The Balaban J connectivity index is 3.01. The van der Waals surface area contributed by atoms with Crippen molar-refractivity contribution in [3.05, 3.63) is 35.1 Å². The maximum absolute atomic E-state index is 13.5. The molecule has 0 aliphatic heterocycles. The molecule has 0 aromatic heterocycles. The summed E-state index contributed by atoms with van der Waals surface area (Å²) in [4.78, 5) is 10.5. The van der Waals surface area contributed by atoms with Crippen LogP contribution in [0, 0.1) is 5.82 Å². The van der Waals surface area contributed by atoms with Gasteiger partial charge in [0.25, 0.3) is 0 Å². The highest BCUT2D eigenvalue weighted by molar-refractivity contribution is 5.67. The van der Waals surface area contributed by atoms with Gasteiger partial charge in [0.05, 0.1) is 6.42 Å². The molecule has 1 unspecified atom stereocenters. The van der Waals surface area contributed by atoms with Crippen LogP contribution in [0.2, 0.25) is 0 Å². The van der Waals surface area contributed by atoms with Crippen LogP contribution in [0.5, 0.6) is 0 Å². The third kappa shape index (κ3) is 3.03. The first-order valence-electron chi connectivity index (χ1n) is 5.18. The number of hydrogen-bond acceptors (Lipinski definition) is 2. The van der Waals surface area contributed by atoms with Gasteiger partial charge >= 0.3 is 5.97 Å². The first-order valence-corrected chi connectivity index (χ1v) is 5.18. The molecule has 88 valence electrons. The van der Waals surface area contributed by atoms with Crippen molar-refractivity contribution in [3.8, 4) is 0 Å².